The van der Waals surface area contributed by atoms with E-state index in [1.807, 2.05) is 0 Å². The molecule has 1 saturated heterocycles. The van der Waals surface area contributed by atoms with Gasteiger partial charge in [0.1, 0.15) is 5.82 Å². The predicted octanol–water partition coefficient (Wildman–Crippen LogP) is 2.92. The predicted molar refractivity (Wildman–Crippen MR) is 64.6 cm³/mol. The Kier molecular flexibility index (Phi) is 3.07. The maximum atomic E-state index is 13.1. The maximum absolute atomic E-state index is 13.1. The second kappa shape index (κ2) is 4.56. The number of nitrogens with one attached hydrogen (secondary N) is 1. The molecule has 2 aliphatic rings. The van der Waals surface area contributed by atoms with E-state index in [1.54, 1.807) is 12.1 Å². The Bertz CT molecular complexity index is 422. The van der Waals surface area contributed by atoms with Crippen LogP contribution in [0.4, 0.5) is 4.39 Å². The highest BCUT2D eigenvalue weighted by Crippen LogP contribution is 2.38. The minimum Gasteiger partial charge on any atom is -0.367 e. The summed E-state index contributed by atoms with van der Waals surface area (Å²) in [7, 11) is 0. The summed E-state index contributed by atoms with van der Waals surface area (Å²) in [6, 6.07) is 4.82. The molecular formula is C13H15ClFNO. The smallest absolute Gasteiger partial charge is 0.141 e. The first-order valence-corrected chi connectivity index (χ1v) is 6.43. The van der Waals surface area contributed by atoms with Crippen LogP contribution in [0.25, 0.3) is 0 Å². The molecule has 1 heterocycles. The summed E-state index contributed by atoms with van der Waals surface area (Å²) in [4.78, 5) is 0. The zero-order valence-electron chi connectivity index (χ0n) is 9.46. The van der Waals surface area contributed by atoms with Gasteiger partial charge in [-0.05, 0) is 36.5 Å². The van der Waals surface area contributed by atoms with E-state index in [-0.39, 0.29) is 16.9 Å². The molecule has 1 aromatic carbocycles. The number of benzene rings is 1. The van der Waals surface area contributed by atoms with E-state index < -0.39 is 0 Å². The van der Waals surface area contributed by atoms with Crippen molar-refractivity contribution in [2.24, 2.45) is 5.92 Å². The third-order valence-corrected chi connectivity index (χ3v) is 3.77. The van der Waals surface area contributed by atoms with Gasteiger partial charge in [0.2, 0.25) is 0 Å². The fourth-order valence-electron chi connectivity index (χ4n) is 2.32. The van der Waals surface area contributed by atoms with Crippen molar-refractivity contribution in [3.8, 4) is 0 Å². The van der Waals surface area contributed by atoms with E-state index in [0.717, 1.165) is 18.7 Å². The van der Waals surface area contributed by atoms with Crippen LogP contribution in [0.3, 0.4) is 0 Å². The van der Waals surface area contributed by atoms with Gasteiger partial charge in [-0.1, -0.05) is 17.7 Å². The fourth-order valence-corrected chi connectivity index (χ4v) is 2.51. The van der Waals surface area contributed by atoms with Crippen molar-refractivity contribution in [2.75, 3.05) is 13.1 Å². The minimum atomic E-state index is -0.377. The molecule has 4 heteroatoms. The number of morpholine rings is 1. The van der Waals surface area contributed by atoms with Crippen molar-refractivity contribution in [3.05, 3.63) is 34.6 Å². The minimum absolute atomic E-state index is 0.00699. The second-order valence-electron chi connectivity index (χ2n) is 4.83. The Morgan fingerprint density at radius 2 is 2.12 bits per heavy atom. The van der Waals surface area contributed by atoms with Gasteiger partial charge in [0, 0.05) is 13.1 Å². The van der Waals surface area contributed by atoms with Crippen LogP contribution in [0.5, 0.6) is 0 Å². The molecule has 1 saturated carbocycles. The first-order valence-electron chi connectivity index (χ1n) is 6.05. The largest absolute Gasteiger partial charge is 0.367 e. The van der Waals surface area contributed by atoms with Crippen LogP contribution >= 0.6 is 11.6 Å². The van der Waals surface area contributed by atoms with Crippen LogP contribution in [0.1, 0.15) is 24.5 Å². The molecule has 2 fully saturated rings. The van der Waals surface area contributed by atoms with Crippen molar-refractivity contribution >= 4 is 11.6 Å². The molecule has 2 unspecified atom stereocenters. The number of hydrogen-bond donors (Lipinski definition) is 1. The lowest BCUT2D eigenvalue weighted by atomic mass is 10.1. The summed E-state index contributed by atoms with van der Waals surface area (Å²) in [5, 5.41) is 3.54. The molecule has 2 nitrogen and oxygen atoms in total. The third-order valence-electron chi connectivity index (χ3n) is 3.48. The van der Waals surface area contributed by atoms with Crippen LogP contribution in [0, 0.1) is 11.7 Å². The highest BCUT2D eigenvalue weighted by molar-refractivity contribution is 6.30. The molecule has 0 spiro atoms. The van der Waals surface area contributed by atoms with Gasteiger partial charge in [-0.3, -0.25) is 0 Å². The first-order chi connectivity index (χ1) is 8.24. The van der Waals surface area contributed by atoms with E-state index in [1.165, 1.54) is 18.9 Å². The molecule has 0 aromatic heterocycles. The molecule has 0 bridgehead atoms. The zero-order chi connectivity index (χ0) is 11.8. The molecule has 3 rings (SSSR count). The van der Waals surface area contributed by atoms with Crippen LogP contribution in [0.15, 0.2) is 18.2 Å². The Balaban J connectivity index is 1.75. The van der Waals surface area contributed by atoms with E-state index in [2.05, 4.69) is 5.32 Å². The van der Waals surface area contributed by atoms with Gasteiger partial charge in [-0.25, -0.2) is 4.39 Å². The van der Waals surface area contributed by atoms with Crippen molar-refractivity contribution in [1.29, 1.82) is 0 Å². The summed E-state index contributed by atoms with van der Waals surface area (Å²) < 4.78 is 19.1. The normalized spacial score (nSPS) is 29.3. The molecule has 17 heavy (non-hydrogen) atoms. The summed E-state index contributed by atoms with van der Waals surface area (Å²) >= 11 is 5.79. The van der Waals surface area contributed by atoms with Crippen molar-refractivity contribution in [3.63, 3.8) is 0 Å². The average Bonchev–Trinajstić information content (AvgIpc) is 3.17. The maximum Gasteiger partial charge on any atom is 0.141 e. The molecular weight excluding hydrogens is 241 g/mol. The zero-order valence-corrected chi connectivity index (χ0v) is 10.2. The summed E-state index contributed by atoms with van der Waals surface area (Å²) in [6.45, 7) is 1.70. The van der Waals surface area contributed by atoms with Crippen LogP contribution in [-0.4, -0.2) is 19.2 Å². The third kappa shape index (κ3) is 2.46. The van der Waals surface area contributed by atoms with Gasteiger partial charge in [-0.15, -0.1) is 0 Å². The first kappa shape index (κ1) is 11.5. The van der Waals surface area contributed by atoms with E-state index >= 15 is 0 Å². The molecule has 1 aromatic rings. The van der Waals surface area contributed by atoms with E-state index in [9.17, 15) is 4.39 Å². The number of hydrogen-bond acceptors (Lipinski definition) is 2. The van der Waals surface area contributed by atoms with Gasteiger partial charge in [0.05, 0.1) is 17.2 Å². The van der Waals surface area contributed by atoms with Crippen LogP contribution in [0.2, 0.25) is 5.02 Å². The number of ether oxygens (including phenoxy) is 1. The lowest BCUT2D eigenvalue weighted by Crippen LogP contribution is -2.41. The standard InChI is InChI=1S/C13H15ClFNO/c14-10-5-9(3-4-11(10)15)13-7-16-6-12(17-13)8-1-2-8/h3-5,8,12-13,16H,1-2,6-7H2. The van der Waals surface area contributed by atoms with Crippen molar-refractivity contribution in [2.45, 2.75) is 25.0 Å². The molecule has 2 atom stereocenters. The van der Waals surface area contributed by atoms with Gasteiger partial charge in [0.15, 0.2) is 0 Å². The van der Waals surface area contributed by atoms with Gasteiger partial charge < -0.3 is 10.1 Å². The fraction of sp³-hybridized carbons (Fsp3) is 0.538. The highest BCUT2D eigenvalue weighted by atomic mass is 35.5. The number of halogens is 2. The monoisotopic (exact) mass is 255 g/mol. The Morgan fingerprint density at radius 1 is 1.29 bits per heavy atom. The van der Waals surface area contributed by atoms with Crippen molar-refractivity contribution < 1.29 is 9.13 Å². The summed E-state index contributed by atoms with van der Waals surface area (Å²) in [5.74, 6) is 0.333. The van der Waals surface area contributed by atoms with Crippen molar-refractivity contribution in [1.82, 2.24) is 5.32 Å². The summed E-state index contributed by atoms with van der Waals surface area (Å²) in [6.07, 6.45) is 2.83. The summed E-state index contributed by atoms with van der Waals surface area (Å²) in [5.41, 5.74) is 0.953. The lowest BCUT2D eigenvalue weighted by molar-refractivity contribution is -0.0493. The quantitative estimate of drug-likeness (QED) is 0.877. The molecule has 1 N–H and O–H groups in total. The van der Waals surface area contributed by atoms with E-state index in [0.29, 0.717) is 12.0 Å². The van der Waals surface area contributed by atoms with Gasteiger partial charge in [0.25, 0.3) is 0 Å². The second-order valence-corrected chi connectivity index (χ2v) is 5.24. The molecule has 1 aliphatic heterocycles. The number of rotatable bonds is 2. The van der Waals surface area contributed by atoms with Crippen LogP contribution in [-0.2, 0) is 4.74 Å². The highest BCUT2D eigenvalue weighted by Gasteiger charge is 2.36. The Hall–Kier alpha value is -0.640. The topological polar surface area (TPSA) is 21.3 Å². The van der Waals surface area contributed by atoms with E-state index in [4.69, 9.17) is 16.3 Å². The van der Waals surface area contributed by atoms with Gasteiger partial charge in [-0.2, -0.15) is 0 Å². The molecule has 1 aliphatic carbocycles. The SMILES string of the molecule is Fc1ccc(C2CNCC(C3CC3)O2)cc1Cl. The molecule has 0 amide bonds. The molecule has 0 radical (unpaired) electrons. The van der Waals surface area contributed by atoms with Crippen LogP contribution < -0.4 is 5.32 Å². The molecule has 92 valence electrons. The average molecular weight is 256 g/mol. The lowest BCUT2D eigenvalue weighted by Gasteiger charge is -2.31. The Labute approximate surface area is 105 Å². The van der Waals surface area contributed by atoms with Gasteiger partial charge >= 0.3 is 0 Å². The Morgan fingerprint density at radius 3 is 2.82 bits per heavy atom.